The van der Waals surface area contributed by atoms with E-state index in [1.165, 1.54) is 38.5 Å². The molecule has 0 unspecified atom stereocenters. The molecule has 1 aliphatic carbocycles. The van der Waals surface area contributed by atoms with Crippen molar-refractivity contribution in [2.45, 2.75) is 72.3 Å². The van der Waals surface area contributed by atoms with Gasteiger partial charge in [0.15, 0.2) is 0 Å². The second kappa shape index (κ2) is 13.1. The molecule has 0 radical (unpaired) electrons. The maximum Gasteiger partial charge on any atom is 0.236 e. The molecular formula is C28H46N4O2. The zero-order chi connectivity index (χ0) is 24.5. The normalized spacial score (nSPS) is 23.3. The fourth-order valence-electron chi connectivity index (χ4n) is 5.93. The molecule has 6 nitrogen and oxygen atoms in total. The predicted octanol–water partition coefficient (Wildman–Crippen LogP) is 4.18. The van der Waals surface area contributed by atoms with E-state index in [1.807, 2.05) is 11.0 Å². The van der Waals surface area contributed by atoms with Gasteiger partial charge < -0.3 is 20.9 Å². The van der Waals surface area contributed by atoms with E-state index >= 15 is 0 Å². The minimum Gasteiger partial charge on any atom is -0.368 e. The van der Waals surface area contributed by atoms with Crippen molar-refractivity contribution in [2.75, 3.05) is 37.6 Å². The molecule has 190 valence electrons. The highest BCUT2D eigenvalue weighted by molar-refractivity contribution is 5.79. The van der Waals surface area contributed by atoms with Crippen molar-refractivity contribution in [3.8, 4) is 0 Å². The van der Waals surface area contributed by atoms with Crippen LogP contribution < -0.4 is 16.0 Å². The van der Waals surface area contributed by atoms with Crippen LogP contribution in [-0.4, -0.2) is 49.4 Å². The Morgan fingerprint density at radius 3 is 2.50 bits per heavy atom. The van der Waals surface area contributed by atoms with Gasteiger partial charge in [-0.1, -0.05) is 71.1 Å². The maximum atomic E-state index is 13.4. The van der Waals surface area contributed by atoms with Gasteiger partial charge in [-0.15, -0.1) is 0 Å². The Balaban J connectivity index is 1.60. The predicted molar refractivity (Wildman–Crippen MR) is 139 cm³/mol. The Hall–Kier alpha value is -2.08. The van der Waals surface area contributed by atoms with Crippen LogP contribution in [0.2, 0.25) is 0 Å². The SMILES string of the molecule is CCCCC[C@@H]1CC[C@@H](C(C)C)[C@H](C(=O)NCc2ccccc2N2CCN(C(=O)CN)CC2)C1. The number of carbonyl (C=O) groups is 2. The number of para-hydroxylation sites is 1. The molecular weight excluding hydrogens is 424 g/mol. The lowest BCUT2D eigenvalue weighted by Crippen LogP contribution is -2.50. The first-order valence-electron chi connectivity index (χ1n) is 13.5. The minimum atomic E-state index is 0.0142. The second-order valence-corrected chi connectivity index (χ2v) is 10.6. The number of amides is 2. The molecule has 0 aromatic heterocycles. The summed E-state index contributed by atoms with van der Waals surface area (Å²) in [6.45, 7) is 10.4. The Bertz CT molecular complexity index is 788. The van der Waals surface area contributed by atoms with E-state index in [1.54, 1.807) is 0 Å². The summed E-state index contributed by atoms with van der Waals surface area (Å²) in [5.74, 6) is 2.07. The quantitative estimate of drug-likeness (QED) is 0.503. The van der Waals surface area contributed by atoms with Gasteiger partial charge in [0.05, 0.1) is 6.54 Å². The molecule has 2 amide bonds. The number of hydrogen-bond donors (Lipinski definition) is 2. The van der Waals surface area contributed by atoms with Gasteiger partial charge in [0.1, 0.15) is 0 Å². The smallest absolute Gasteiger partial charge is 0.236 e. The van der Waals surface area contributed by atoms with Gasteiger partial charge >= 0.3 is 0 Å². The van der Waals surface area contributed by atoms with Gasteiger partial charge in [0.25, 0.3) is 0 Å². The first-order chi connectivity index (χ1) is 16.4. The summed E-state index contributed by atoms with van der Waals surface area (Å²) < 4.78 is 0. The zero-order valence-electron chi connectivity index (χ0n) is 21.6. The summed E-state index contributed by atoms with van der Waals surface area (Å²) in [6, 6.07) is 8.33. The van der Waals surface area contributed by atoms with E-state index in [0.717, 1.165) is 30.8 Å². The number of nitrogens with zero attached hydrogens (tertiary/aromatic N) is 2. The number of piperazine rings is 1. The number of rotatable bonds is 10. The molecule has 2 aliphatic rings. The van der Waals surface area contributed by atoms with Crippen LogP contribution in [0, 0.1) is 23.7 Å². The molecule has 3 atom stereocenters. The van der Waals surface area contributed by atoms with Gasteiger partial charge in [0, 0.05) is 44.3 Å². The number of carbonyl (C=O) groups excluding carboxylic acids is 2. The third-order valence-electron chi connectivity index (χ3n) is 8.01. The monoisotopic (exact) mass is 470 g/mol. The van der Waals surface area contributed by atoms with Crippen molar-refractivity contribution in [3.05, 3.63) is 29.8 Å². The molecule has 1 saturated heterocycles. The highest BCUT2D eigenvalue weighted by Crippen LogP contribution is 2.40. The lowest BCUT2D eigenvalue weighted by atomic mass is 9.68. The minimum absolute atomic E-state index is 0.0142. The molecule has 1 saturated carbocycles. The summed E-state index contributed by atoms with van der Waals surface area (Å²) in [5.41, 5.74) is 7.83. The van der Waals surface area contributed by atoms with Crippen LogP contribution in [0.15, 0.2) is 24.3 Å². The Morgan fingerprint density at radius 2 is 1.82 bits per heavy atom. The fourth-order valence-corrected chi connectivity index (χ4v) is 5.93. The molecule has 1 aromatic carbocycles. The first kappa shape index (κ1) is 26.5. The molecule has 0 bridgehead atoms. The molecule has 1 heterocycles. The largest absolute Gasteiger partial charge is 0.368 e. The van der Waals surface area contributed by atoms with Gasteiger partial charge in [-0.25, -0.2) is 0 Å². The molecule has 6 heteroatoms. The molecule has 34 heavy (non-hydrogen) atoms. The molecule has 2 fully saturated rings. The van der Waals surface area contributed by atoms with E-state index in [2.05, 4.69) is 49.2 Å². The Labute approximate surface area is 206 Å². The summed E-state index contributed by atoms with van der Waals surface area (Å²) in [5, 5.41) is 3.31. The average molecular weight is 471 g/mol. The van der Waals surface area contributed by atoms with E-state index < -0.39 is 0 Å². The van der Waals surface area contributed by atoms with Crippen molar-refractivity contribution in [1.82, 2.24) is 10.2 Å². The third kappa shape index (κ3) is 6.97. The molecule has 0 spiro atoms. The summed E-state index contributed by atoms with van der Waals surface area (Å²) >= 11 is 0. The van der Waals surface area contributed by atoms with Crippen molar-refractivity contribution in [3.63, 3.8) is 0 Å². The summed E-state index contributed by atoms with van der Waals surface area (Å²) in [6.07, 6.45) is 8.60. The molecule has 1 aliphatic heterocycles. The van der Waals surface area contributed by atoms with Gasteiger partial charge in [0.2, 0.25) is 11.8 Å². The van der Waals surface area contributed by atoms with Gasteiger partial charge in [-0.3, -0.25) is 9.59 Å². The lowest BCUT2D eigenvalue weighted by Gasteiger charge is -2.38. The van der Waals surface area contributed by atoms with Crippen molar-refractivity contribution in [1.29, 1.82) is 0 Å². The van der Waals surface area contributed by atoms with Crippen LogP contribution in [0.25, 0.3) is 0 Å². The second-order valence-electron chi connectivity index (χ2n) is 10.6. The number of anilines is 1. The Morgan fingerprint density at radius 1 is 1.09 bits per heavy atom. The number of nitrogens with one attached hydrogen (secondary N) is 1. The summed E-state index contributed by atoms with van der Waals surface area (Å²) in [4.78, 5) is 29.5. The lowest BCUT2D eigenvalue weighted by molar-refractivity contribution is -0.130. The molecule has 3 rings (SSSR count). The van der Waals surface area contributed by atoms with Crippen molar-refractivity contribution in [2.24, 2.45) is 29.4 Å². The van der Waals surface area contributed by atoms with Crippen LogP contribution in [0.5, 0.6) is 0 Å². The Kier molecular flexibility index (Phi) is 10.2. The van der Waals surface area contributed by atoms with Crippen LogP contribution in [0.4, 0.5) is 5.69 Å². The number of unbranched alkanes of at least 4 members (excludes halogenated alkanes) is 2. The van der Waals surface area contributed by atoms with Crippen LogP contribution in [0.1, 0.15) is 71.3 Å². The molecule has 3 N–H and O–H groups in total. The van der Waals surface area contributed by atoms with E-state index in [4.69, 9.17) is 5.73 Å². The average Bonchev–Trinajstić information content (AvgIpc) is 2.87. The number of hydrogen-bond acceptors (Lipinski definition) is 4. The highest BCUT2D eigenvalue weighted by atomic mass is 16.2. The third-order valence-corrected chi connectivity index (χ3v) is 8.01. The van der Waals surface area contributed by atoms with E-state index in [9.17, 15) is 9.59 Å². The fraction of sp³-hybridized carbons (Fsp3) is 0.714. The van der Waals surface area contributed by atoms with Crippen LogP contribution >= 0.6 is 0 Å². The first-order valence-corrected chi connectivity index (χ1v) is 13.5. The van der Waals surface area contributed by atoms with Crippen molar-refractivity contribution < 1.29 is 9.59 Å². The van der Waals surface area contributed by atoms with Gasteiger partial charge in [-0.05, 0) is 42.2 Å². The standard InChI is InChI=1S/C28H46N4O2/c1-4-5-6-9-22-12-13-24(21(2)3)25(18-22)28(34)30-20-23-10-7-8-11-26(23)31-14-16-32(17-15-31)27(33)19-29/h7-8,10-11,21-22,24-25H,4-6,9,12-20,29H2,1-3H3,(H,30,34)/t22-,24+,25-/m1/s1. The van der Waals surface area contributed by atoms with E-state index in [-0.39, 0.29) is 24.3 Å². The van der Waals surface area contributed by atoms with E-state index in [0.29, 0.717) is 37.4 Å². The highest BCUT2D eigenvalue weighted by Gasteiger charge is 2.36. The van der Waals surface area contributed by atoms with Crippen LogP contribution in [0.3, 0.4) is 0 Å². The number of nitrogens with two attached hydrogens (primary N) is 1. The van der Waals surface area contributed by atoms with Crippen molar-refractivity contribution >= 4 is 17.5 Å². The zero-order valence-corrected chi connectivity index (χ0v) is 21.6. The summed E-state index contributed by atoms with van der Waals surface area (Å²) in [7, 11) is 0. The van der Waals surface area contributed by atoms with Gasteiger partial charge in [-0.2, -0.15) is 0 Å². The maximum absolute atomic E-state index is 13.4. The topological polar surface area (TPSA) is 78.7 Å². The number of benzene rings is 1. The van der Waals surface area contributed by atoms with Crippen LogP contribution in [-0.2, 0) is 16.1 Å². The molecule has 1 aromatic rings.